The average Bonchev–Trinajstić information content (AvgIpc) is 3.10. The number of hydrogen-bond acceptors (Lipinski definition) is 6. The van der Waals surface area contributed by atoms with E-state index in [2.05, 4.69) is 35.7 Å². The molecule has 0 aromatic carbocycles. The third-order valence-electron chi connectivity index (χ3n) is 5.79. The van der Waals surface area contributed by atoms with Crippen LogP contribution >= 0.6 is 0 Å². The molecule has 150 valence electrons. The highest BCUT2D eigenvalue weighted by molar-refractivity contribution is 6.74. The van der Waals surface area contributed by atoms with Crippen molar-refractivity contribution < 1.29 is 18.7 Å². The zero-order valence-corrected chi connectivity index (χ0v) is 17.5. The Bertz CT molecular complexity index is 893. The van der Waals surface area contributed by atoms with E-state index < -0.39 is 38.0 Å². The molecule has 1 unspecified atom stereocenters. The first-order chi connectivity index (χ1) is 12.4. The Labute approximate surface area is 157 Å². The molecule has 0 amide bonds. The maximum absolute atomic E-state index is 15.7. The van der Waals surface area contributed by atoms with E-state index in [-0.39, 0.29) is 22.8 Å². The van der Waals surface area contributed by atoms with Crippen molar-refractivity contribution in [1.82, 2.24) is 19.5 Å². The van der Waals surface area contributed by atoms with Crippen LogP contribution in [0.25, 0.3) is 11.2 Å². The normalized spacial score (nSPS) is 29.6. The van der Waals surface area contributed by atoms with Crippen molar-refractivity contribution in [2.75, 3.05) is 6.61 Å². The second-order valence-electron chi connectivity index (χ2n) is 8.66. The van der Waals surface area contributed by atoms with Crippen molar-refractivity contribution in [2.24, 2.45) is 0 Å². The second kappa shape index (κ2) is 6.47. The predicted octanol–water partition coefficient (Wildman–Crippen LogP) is 1.91. The van der Waals surface area contributed by atoms with E-state index >= 15 is 4.39 Å². The Kier molecular flexibility index (Phi) is 4.82. The molecule has 0 spiro atoms. The van der Waals surface area contributed by atoms with Crippen LogP contribution in [0, 0.1) is 0 Å². The summed E-state index contributed by atoms with van der Waals surface area (Å²) in [6.07, 6.45) is -0.773. The quantitative estimate of drug-likeness (QED) is 0.763. The monoisotopic (exact) mass is 398 g/mol. The molecule has 27 heavy (non-hydrogen) atoms. The smallest absolute Gasteiger partial charge is 0.278 e. The number of hydrogen-bond donors (Lipinski definition) is 2. The Balaban J connectivity index is 2.02. The molecular weight excluding hydrogens is 371 g/mol. The highest BCUT2D eigenvalue weighted by Gasteiger charge is 2.57. The fraction of sp³-hybridized carbons (Fsp3) is 0.706. The summed E-state index contributed by atoms with van der Waals surface area (Å²) in [6.45, 7) is 11.4. The Morgan fingerprint density at radius 1 is 1.44 bits per heavy atom. The number of nitrogens with zero attached hydrogens (tertiary/aromatic N) is 3. The number of alkyl halides is 1. The molecule has 0 aliphatic carbocycles. The third-order valence-corrected chi connectivity index (χ3v) is 10.3. The summed E-state index contributed by atoms with van der Waals surface area (Å²) < 4.78 is 29.3. The second-order valence-corrected chi connectivity index (χ2v) is 13.4. The molecule has 1 fully saturated rings. The largest absolute Gasteiger partial charge is 0.408 e. The van der Waals surface area contributed by atoms with Crippen LogP contribution in [0.15, 0.2) is 17.4 Å². The van der Waals surface area contributed by atoms with Crippen LogP contribution in [0.5, 0.6) is 0 Å². The van der Waals surface area contributed by atoms with E-state index in [1.54, 1.807) is 6.92 Å². The Hall–Kier alpha value is -1.62. The van der Waals surface area contributed by atoms with Gasteiger partial charge >= 0.3 is 0 Å². The van der Waals surface area contributed by atoms with Gasteiger partial charge in [-0.2, -0.15) is 0 Å². The van der Waals surface area contributed by atoms with Gasteiger partial charge in [-0.3, -0.25) is 9.36 Å². The molecule has 3 heterocycles. The number of fused-ring (bicyclic) bond motifs is 1. The Morgan fingerprint density at radius 3 is 2.70 bits per heavy atom. The lowest BCUT2D eigenvalue weighted by atomic mass is 10.1. The van der Waals surface area contributed by atoms with Crippen LogP contribution in [0.1, 0.15) is 27.7 Å². The van der Waals surface area contributed by atoms with Gasteiger partial charge in [0.1, 0.15) is 12.2 Å². The number of aliphatic hydroxyl groups is 1. The van der Waals surface area contributed by atoms with Gasteiger partial charge in [0.05, 0.1) is 19.3 Å². The first kappa shape index (κ1) is 20.1. The van der Waals surface area contributed by atoms with Gasteiger partial charge in [0.25, 0.3) is 5.56 Å². The first-order valence-electron chi connectivity index (χ1n) is 8.94. The molecule has 2 aromatic heterocycles. The van der Waals surface area contributed by atoms with E-state index in [0.717, 1.165) is 0 Å². The van der Waals surface area contributed by atoms with Gasteiger partial charge in [-0.05, 0) is 25.1 Å². The number of imidazole rings is 1. The van der Waals surface area contributed by atoms with Gasteiger partial charge in [0.15, 0.2) is 31.4 Å². The summed E-state index contributed by atoms with van der Waals surface area (Å²) in [5, 5.41) is 9.67. The van der Waals surface area contributed by atoms with Crippen LogP contribution in [0.4, 0.5) is 4.39 Å². The first-order valence-corrected chi connectivity index (χ1v) is 11.8. The standard InChI is InChI=1S/C17H27FN4O4Si/c1-16(2,3)27(5,6)26-12-10(7-23)25-17(4,13(12)18)22-9-21-11-14(22)19-8-20-15(11)24/h8-10,12-13,23H,7H2,1-6H3,(H,19,20,24)/t10-,12?,13-,17-/m1/s1. The molecular formula is C17H27FN4O4Si. The number of rotatable bonds is 4. The summed E-state index contributed by atoms with van der Waals surface area (Å²) in [5.74, 6) is 0. The molecule has 0 saturated carbocycles. The summed E-state index contributed by atoms with van der Waals surface area (Å²) in [5.41, 5.74) is -1.60. The predicted molar refractivity (Wildman–Crippen MR) is 101 cm³/mol. The Morgan fingerprint density at radius 2 is 2.11 bits per heavy atom. The van der Waals surface area contributed by atoms with Gasteiger partial charge in [-0.15, -0.1) is 0 Å². The number of H-pyrrole nitrogens is 1. The number of aromatic nitrogens is 4. The highest BCUT2D eigenvalue weighted by atomic mass is 28.4. The number of nitrogens with one attached hydrogen (secondary N) is 1. The average molecular weight is 399 g/mol. The maximum Gasteiger partial charge on any atom is 0.278 e. The number of aromatic amines is 1. The molecule has 3 rings (SSSR count). The molecule has 0 radical (unpaired) electrons. The van der Waals surface area contributed by atoms with E-state index in [9.17, 15) is 9.90 Å². The van der Waals surface area contributed by atoms with Crippen LogP contribution in [0.3, 0.4) is 0 Å². The highest BCUT2D eigenvalue weighted by Crippen LogP contribution is 2.44. The number of halogens is 1. The minimum absolute atomic E-state index is 0.101. The maximum atomic E-state index is 15.7. The van der Waals surface area contributed by atoms with Gasteiger partial charge in [0, 0.05) is 0 Å². The summed E-state index contributed by atoms with van der Waals surface area (Å²) in [4.78, 5) is 22.5. The zero-order chi connectivity index (χ0) is 20.2. The lowest BCUT2D eigenvalue weighted by Gasteiger charge is -2.39. The molecule has 0 bridgehead atoms. The summed E-state index contributed by atoms with van der Waals surface area (Å²) in [7, 11) is -2.31. The van der Waals surface area contributed by atoms with Gasteiger partial charge in [0.2, 0.25) is 0 Å². The minimum Gasteiger partial charge on any atom is -0.408 e. The van der Waals surface area contributed by atoms with Crippen LogP contribution in [-0.4, -0.2) is 57.9 Å². The van der Waals surface area contributed by atoms with Gasteiger partial charge in [-0.25, -0.2) is 14.4 Å². The van der Waals surface area contributed by atoms with Crippen molar-refractivity contribution in [3.8, 4) is 0 Å². The molecule has 2 N–H and O–H groups in total. The third kappa shape index (κ3) is 3.14. The fourth-order valence-corrected chi connectivity index (χ4v) is 4.39. The lowest BCUT2D eigenvalue weighted by Crippen LogP contribution is -2.50. The molecule has 1 aliphatic rings. The lowest BCUT2D eigenvalue weighted by molar-refractivity contribution is -0.118. The molecule has 1 aliphatic heterocycles. The van der Waals surface area contributed by atoms with E-state index in [4.69, 9.17) is 9.16 Å². The van der Waals surface area contributed by atoms with Crippen LogP contribution in [-0.2, 0) is 14.9 Å². The van der Waals surface area contributed by atoms with Crippen LogP contribution in [0.2, 0.25) is 18.1 Å². The molecule has 4 atom stereocenters. The molecule has 8 nitrogen and oxygen atoms in total. The summed E-state index contributed by atoms with van der Waals surface area (Å²) in [6, 6.07) is 0. The SMILES string of the molecule is CC(C)(C)[Si](C)(C)OC1[C@@H](F)[C@](C)(n2cnc3c(=O)[nH]cnc32)O[C@@H]1CO. The van der Waals surface area contributed by atoms with Crippen molar-refractivity contribution in [3.63, 3.8) is 0 Å². The van der Waals surface area contributed by atoms with Gasteiger partial charge in [-0.1, -0.05) is 20.8 Å². The zero-order valence-electron chi connectivity index (χ0n) is 16.5. The molecule has 1 saturated heterocycles. The van der Waals surface area contributed by atoms with Crippen molar-refractivity contribution in [2.45, 2.75) is 69.9 Å². The van der Waals surface area contributed by atoms with Crippen molar-refractivity contribution in [3.05, 3.63) is 23.0 Å². The molecule has 2 aromatic rings. The van der Waals surface area contributed by atoms with Crippen molar-refractivity contribution in [1.29, 1.82) is 0 Å². The summed E-state index contributed by atoms with van der Waals surface area (Å²) >= 11 is 0. The fourth-order valence-electron chi connectivity index (χ4n) is 3.09. The van der Waals surface area contributed by atoms with E-state index in [1.165, 1.54) is 17.2 Å². The number of aliphatic hydroxyl groups excluding tert-OH is 1. The van der Waals surface area contributed by atoms with Crippen LogP contribution < -0.4 is 5.56 Å². The minimum atomic E-state index is -2.31. The van der Waals surface area contributed by atoms with E-state index in [1.807, 2.05) is 13.1 Å². The van der Waals surface area contributed by atoms with Crippen molar-refractivity contribution >= 4 is 19.5 Å². The van der Waals surface area contributed by atoms with E-state index in [0.29, 0.717) is 0 Å². The van der Waals surface area contributed by atoms with Gasteiger partial charge < -0.3 is 19.3 Å². The number of ether oxygens (including phenoxy) is 1. The molecule has 10 heteroatoms. The topological polar surface area (TPSA) is 102 Å².